The van der Waals surface area contributed by atoms with Gasteiger partial charge in [-0.1, -0.05) is 11.3 Å². The van der Waals surface area contributed by atoms with Gasteiger partial charge in [-0.15, -0.1) is 0 Å². The Balaban J connectivity index is 1.76. The third-order valence-electron chi connectivity index (χ3n) is 3.88. The van der Waals surface area contributed by atoms with E-state index in [1.165, 1.54) is 11.1 Å². The summed E-state index contributed by atoms with van der Waals surface area (Å²) in [5.41, 5.74) is 4.22. The van der Waals surface area contributed by atoms with Gasteiger partial charge < -0.3 is 20.1 Å². The number of nitrogens with one attached hydrogen (secondary N) is 2. The molecule has 1 heterocycles. The van der Waals surface area contributed by atoms with Crippen molar-refractivity contribution < 1.29 is 9.47 Å². The average Bonchev–Trinajstić information content (AvgIpc) is 2.96. The van der Waals surface area contributed by atoms with Gasteiger partial charge in [0.15, 0.2) is 10.2 Å². The highest BCUT2D eigenvalue weighted by molar-refractivity contribution is 7.80. The van der Waals surface area contributed by atoms with Crippen molar-refractivity contribution in [2.75, 3.05) is 24.9 Å². The lowest BCUT2D eigenvalue weighted by Gasteiger charge is -2.13. The topological polar surface area (TPSA) is 55.4 Å². The lowest BCUT2D eigenvalue weighted by Crippen LogP contribution is -2.19. The fourth-order valence-electron chi connectivity index (χ4n) is 2.39. The van der Waals surface area contributed by atoms with Crippen LogP contribution in [-0.2, 0) is 0 Å². The van der Waals surface area contributed by atoms with Crippen molar-refractivity contribution in [2.24, 2.45) is 0 Å². The summed E-state index contributed by atoms with van der Waals surface area (Å²) in [7, 11) is 3.22. The van der Waals surface area contributed by atoms with Gasteiger partial charge in [0.25, 0.3) is 0 Å². The molecule has 0 aliphatic rings. The summed E-state index contributed by atoms with van der Waals surface area (Å²) < 4.78 is 11.7. The van der Waals surface area contributed by atoms with Crippen LogP contribution in [0.25, 0.3) is 10.2 Å². The SMILES string of the molecule is COc1ccc(NC(=S)Nc2nc3cc(C)c(C)cc3s2)c(OC)c1. The summed E-state index contributed by atoms with van der Waals surface area (Å²) >= 11 is 6.97. The zero-order valence-corrected chi connectivity index (χ0v) is 16.1. The van der Waals surface area contributed by atoms with E-state index in [1.54, 1.807) is 31.6 Å². The minimum absolute atomic E-state index is 0.455. The fourth-order valence-corrected chi connectivity index (χ4v) is 3.61. The van der Waals surface area contributed by atoms with E-state index in [0.29, 0.717) is 10.9 Å². The molecule has 0 atom stereocenters. The number of thiocarbonyl (C=S) groups is 1. The molecule has 3 rings (SSSR count). The number of rotatable bonds is 4. The van der Waals surface area contributed by atoms with Crippen molar-refractivity contribution in [2.45, 2.75) is 13.8 Å². The predicted molar refractivity (Wildman–Crippen MR) is 108 cm³/mol. The summed E-state index contributed by atoms with van der Waals surface area (Å²) in [5, 5.41) is 7.48. The number of aryl methyl sites for hydroxylation is 2. The lowest BCUT2D eigenvalue weighted by atomic mass is 10.1. The van der Waals surface area contributed by atoms with Crippen LogP contribution in [0.3, 0.4) is 0 Å². The van der Waals surface area contributed by atoms with Gasteiger partial charge in [0.05, 0.1) is 30.1 Å². The number of fused-ring (bicyclic) bond motifs is 1. The van der Waals surface area contributed by atoms with Crippen LogP contribution >= 0.6 is 23.6 Å². The summed E-state index contributed by atoms with van der Waals surface area (Å²) in [6.07, 6.45) is 0. The molecular weight excluding hydrogens is 354 g/mol. The fraction of sp³-hybridized carbons (Fsp3) is 0.222. The zero-order chi connectivity index (χ0) is 18.0. The van der Waals surface area contributed by atoms with Crippen LogP contribution in [0.1, 0.15) is 11.1 Å². The summed E-state index contributed by atoms with van der Waals surface area (Å²) in [6.45, 7) is 4.19. The van der Waals surface area contributed by atoms with Crippen molar-refractivity contribution in [1.29, 1.82) is 0 Å². The normalized spacial score (nSPS) is 10.6. The second-order valence-electron chi connectivity index (χ2n) is 5.57. The molecule has 0 radical (unpaired) electrons. The molecule has 0 saturated heterocycles. The Morgan fingerprint density at radius 3 is 2.52 bits per heavy atom. The van der Waals surface area contributed by atoms with Gasteiger partial charge in [-0.2, -0.15) is 0 Å². The zero-order valence-electron chi connectivity index (χ0n) is 14.5. The molecule has 0 amide bonds. The maximum absolute atomic E-state index is 5.40. The summed E-state index contributed by atoms with van der Waals surface area (Å²) in [5.74, 6) is 1.37. The second kappa shape index (κ2) is 7.25. The van der Waals surface area contributed by atoms with Crippen LogP contribution in [-0.4, -0.2) is 24.3 Å². The van der Waals surface area contributed by atoms with E-state index in [9.17, 15) is 0 Å². The molecule has 0 aliphatic heterocycles. The minimum atomic E-state index is 0.455. The molecule has 7 heteroatoms. The molecule has 2 aromatic carbocycles. The van der Waals surface area contributed by atoms with Crippen molar-refractivity contribution in [3.63, 3.8) is 0 Å². The van der Waals surface area contributed by atoms with Crippen LogP contribution in [0.2, 0.25) is 0 Å². The highest BCUT2D eigenvalue weighted by atomic mass is 32.1. The largest absolute Gasteiger partial charge is 0.497 e. The third-order valence-corrected chi connectivity index (χ3v) is 5.02. The van der Waals surface area contributed by atoms with E-state index < -0.39 is 0 Å². The van der Waals surface area contributed by atoms with E-state index in [0.717, 1.165) is 26.8 Å². The molecule has 0 bridgehead atoms. The van der Waals surface area contributed by atoms with Crippen molar-refractivity contribution in [3.05, 3.63) is 41.5 Å². The number of anilines is 2. The standard InChI is InChI=1S/C18H19N3O2S2/c1-10-7-14-16(8-11(10)2)25-18(20-14)21-17(24)19-13-6-5-12(22-3)9-15(13)23-4/h5-9H,1-4H3,(H2,19,20,21,24). The summed E-state index contributed by atoms with van der Waals surface area (Å²) in [6, 6.07) is 9.74. The quantitative estimate of drug-likeness (QED) is 0.644. The Bertz CT molecular complexity index is 898. The highest BCUT2D eigenvalue weighted by Gasteiger charge is 2.10. The van der Waals surface area contributed by atoms with Gasteiger partial charge in [0.1, 0.15) is 11.5 Å². The van der Waals surface area contributed by atoms with E-state index in [1.807, 2.05) is 12.1 Å². The number of benzene rings is 2. The monoisotopic (exact) mass is 373 g/mol. The Morgan fingerprint density at radius 2 is 1.80 bits per heavy atom. The van der Waals surface area contributed by atoms with E-state index >= 15 is 0 Å². The molecule has 0 spiro atoms. The molecule has 3 aromatic rings. The molecule has 5 nitrogen and oxygen atoms in total. The third kappa shape index (κ3) is 3.83. The van der Waals surface area contributed by atoms with Gasteiger partial charge in [-0.05, 0) is 61.5 Å². The number of nitrogens with zero attached hydrogens (tertiary/aromatic N) is 1. The first-order valence-electron chi connectivity index (χ1n) is 7.68. The maximum atomic E-state index is 5.40. The van der Waals surface area contributed by atoms with Gasteiger partial charge in [-0.3, -0.25) is 0 Å². The Morgan fingerprint density at radius 1 is 1.04 bits per heavy atom. The smallest absolute Gasteiger partial charge is 0.190 e. The van der Waals surface area contributed by atoms with E-state index in [4.69, 9.17) is 21.7 Å². The number of hydrogen-bond donors (Lipinski definition) is 2. The lowest BCUT2D eigenvalue weighted by molar-refractivity contribution is 0.395. The van der Waals surface area contributed by atoms with Crippen LogP contribution in [0, 0.1) is 13.8 Å². The van der Waals surface area contributed by atoms with Crippen molar-refractivity contribution in [3.8, 4) is 11.5 Å². The molecule has 130 valence electrons. The van der Waals surface area contributed by atoms with Crippen molar-refractivity contribution >= 4 is 49.7 Å². The molecule has 2 N–H and O–H groups in total. The predicted octanol–water partition coefficient (Wildman–Crippen LogP) is 4.74. The Labute approximate surface area is 156 Å². The minimum Gasteiger partial charge on any atom is -0.497 e. The van der Waals surface area contributed by atoms with Gasteiger partial charge in [-0.25, -0.2) is 4.98 Å². The molecule has 0 saturated carbocycles. The number of ether oxygens (including phenoxy) is 2. The number of thiazole rings is 1. The first-order chi connectivity index (χ1) is 12.0. The second-order valence-corrected chi connectivity index (χ2v) is 7.01. The molecule has 0 unspecified atom stereocenters. The summed E-state index contributed by atoms with van der Waals surface area (Å²) in [4.78, 5) is 4.59. The number of methoxy groups -OCH3 is 2. The Hall–Kier alpha value is -2.38. The molecule has 25 heavy (non-hydrogen) atoms. The molecular formula is C18H19N3O2S2. The molecule has 0 fully saturated rings. The van der Waals surface area contributed by atoms with E-state index in [2.05, 4.69) is 41.6 Å². The van der Waals surface area contributed by atoms with Gasteiger partial charge >= 0.3 is 0 Å². The first-order valence-corrected chi connectivity index (χ1v) is 8.90. The van der Waals surface area contributed by atoms with Crippen molar-refractivity contribution in [1.82, 2.24) is 4.98 Å². The van der Waals surface area contributed by atoms with Crippen LogP contribution in [0.4, 0.5) is 10.8 Å². The molecule has 1 aromatic heterocycles. The van der Waals surface area contributed by atoms with Crippen LogP contribution in [0.15, 0.2) is 30.3 Å². The van der Waals surface area contributed by atoms with Crippen LogP contribution < -0.4 is 20.1 Å². The maximum Gasteiger partial charge on any atom is 0.190 e. The van der Waals surface area contributed by atoms with Gasteiger partial charge in [0, 0.05) is 6.07 Å². The van der Waals surface area contributed by atoms with Gasteiger partial charge in [0.2, 0.25) is 0 Å². The Kier molecular flexibility index (Phi) is 5.06. The average molecular weight is 374 g/mol. The highest BCUT2D eigenvalue weighted by Crippen LogP contribution is 2.30. The first kappa shape index (κ1) is 17.4. The van der Waals surface area contributed by atoms with Crippen LogP contribution in [0.5, 0.6) is 11.5 Å². The number of hydrogen-bond acceptors (Lipinski definition) is 5. The number of aromatic nitrogens is 1. The molecule has 0 aliphatic carbocycles. The van der Waals surface area contributed by atoms with E-state index in [-0.39, 0.29) is 0 Å².